The highest BCUT2D eigenvalue weighted by Gasteiger charge is 2.32. The van der Waals surface area contributed by atoms with Crippen molar-refractivity contribution in [3.63, 3.8) is 0 Å². The number of hydrogen-bond acceptors (Lipinski definition) is 11. The topological polar surface area (TPSA) is 137 Å². The normalized spacial score (nSPS) is 16.4. The van der Waals surface area contributed by atoms with E-state index in [2.05, 4.69) is 35.7 Å². The van der Waals surface area contributed by atoms with Gasteiger partial charge in [0, 0.05) is 30.3 Å². The molecule has 0 N–H and O–H groups in total. The molecule has 3 heterocycles. The second kappa shape index (κ2) is 16.4. The first-order chi connectivity index (χ1) is 25.8. The summed E-state index contributed by atoms with van der Waals surface area (Å²) in [6, 6.07) is 23.2. The molecule has 6 rings (SSSR count). The zero-order valence-corrected chi connectivity index (χ0v) is 32.3. The molecule has 0 aliphatic carbocycles. The van der Waals surface area contributed by atoms with Crippen LogP contribution in [0.1, 0.15) is 60.1 Å². The summed E-state index contributed by atoms with van der Waals surface area (Å²) in [5, 5.41) is 0. The number of ketones is 1. The number of anilines is 1. The van der Waals surface area contributed by atoms with E-state index in [1.807, 2.05) is 67.3 Å². The fourth-order valence-electron chi connectivity index (χ4n) is 6.45. The molecule has 282 valence electrons. The molecule has 3 aromatic carbocycles. The summed E-state index contributed by atoms with van der Waals surface area (Å²) < 4.78 is 47.4. The van der Waals surface area contributed by atoms with Crippen molar-refractivity contribution < 1.29 is 27.4 Å². The Kier molecular flexibility index (Phi) is 11.7. The molecule has 0 spiro atoms. The molecule has 12 nitrogen and oxygen atoms in total. The Morgan fingerprint density at radius 1 is 0.907 bits per heavy atom. The number of hydrogen-bond donors (Lipinski definition) is 0. The number of sulfonamides is 1. The molecular formula is C41H46N6O6S. The minimum Gasteiger partial charge on any atom is -0.486 e. The number of aryl methyl sites for hydroxylation is 2. The average molecular weight is 751 g/mol. The van der Waals surface area contributed by atoms with Gasteiger partial charge in [0.25, 0.3) is 10.0 Å². The largest absolute Gasteiger partial charge is 0.486 e. The SMILES string of the molecule is COCN1c2nc(cc(-c3c(C)cccc3C)n2)OC[C@@H](CC(C)(C)C)N(Cc2ncc(OCc3ccccc3)cn2)CC(=O)c2cccc(c2)S1(=O)=O. The standard InChI is InChI=1S/C41H46N6O6S/c1-28-12-10-13-29(2)39(28)35-19-38-45-40(44-35)47(27-51-6)54(49,50)34-17-11-16-31(18-34)36(48)23-46(32(26-53-38)20-41(3,4)5)24-37-42-21-33(22-43-37)52-25-30-14-8-7-9-15-30/h7-19,21-22,32H,20,23-27H2,1-6H3/t32-/m1/s1. The van der Waals surface area contributed by atoms with Gasteiger partial charge in [0.2, 0.25) is 11.8 Å². The molecule has 0 amide bonds. The lowest BCUT2D eigenvalue weighted by Crippen LogP contribution is -2.44. The van der Waals surface area contributed by atoms with E-state index in [1.54, 1.807) is 30.6 Å². The monoisotopic (exact) mass is 750 g/mol. The second-order valence-corrected chi connectivity index (χ2v) is 16.5. The minimum atomic E-state index is -4.31. The highest BCUT2D eigenvalue weighted by molar-refractivity contribution is 7.92. The van der Waals surface area contributed by atoms with E-state index in [-0.39, 0.29) is 66.0 Å². The minimum absolute atomic E-state index is 0.0479. The highest BCUT2D eigenvalue weighted by Crippen LogP contribution is 2.33. The van der Waals surface area contributed by atoms with E-state index in [4.69, 9.17) is 19.2 Å². The van der Waals surface area contributed by atoms with Crippen LogP contribution in [0.15, 0.2) is 96.2 Å². The molecule has 4 bridgehead atoms. The maximum absolute atomic E-state index is 14.3. The van der Waals surface area contributed by atoms with Gasteiger partial charge in [0.05, 0.1) is 36.1 Å². The maximum atomic E-state index is 14.3. The summed E-state index contributed by atoms with van der Waals surface area (Å²) in [4.78, 5) is 34.6. The Bertz CT molecular complexity index is 2170. The van der Waals surface area contributed by atoms with E-state index in [9.17, 15) is 13.2 Å². The number of rotatable bonds is 9. The maximum Gasteiger partial charge on any atom is 0.268 e. The highest BCUT2D eigenvalue weighted by atomic mass is 32.2. The molecule has 13 heteroatoms. The zero-order chi connectivity index (χ0) is 38.5. The number of Topliss-reactive ketones (excluding diaryl/α,β-unsaturated/α-hetero) is 1. The third-order valence-corrected chi connectivity index (χ3v) is 10.7. The third kappa shape index (κ3) is 9.27. The van der Waals surface area contributed by atoms with Gasteiger partial charge in [-0.3, -0.25) is 9.69 Å². The van der Waals surface area contributed by atoms with E-state index >= 15 is 0 Å². The number of fused-ring (bicyclic) bond motifs is 4. The molecule has 0 fully saturated rings. The van der Waals surface area contributed by atoms with Gasteiger partial charge in [-0.15, -0.1) is 0 Å². The van der Waals surface area contributed by atoms with Gasteiger partial charge < -0.3 is 14.2 Å². The van der Waals surface area contributed by atoms with Gasteiger partial charge in [-0.2, -0.15) is 4.98 Å². The van der Waals surface area contributed by atoms with Crippen LogP contribution in [0.25, 0.3) is 11.3 Å². The van der Waals surface area contributed by atoms with Crippen LogP contribution < -0.4 is 13.8 Å². The van der Waals surface area contributed by atoms with Crippen LogP contribution in [0.3, 0.4) is 0 Å². The van der Waals surface area contributed by atoms with Crippen molar-refractivity contribution in [2.75, 3.05) is 31.3 Å². The lowest BCUT2D eigenvalue weighted by Gasteiger charge is -2.35. The fourth-order valence-corrected chi connectivity index (χ4v) is 7.77. The second-order valence-electron chi connectivity index (χ2n) is 14.6. The number of nitrogens with zero attached hydrogens (tertiary/aromatic N) is 6. The number of carbonyl (C=O) groups is 1. The number of methoxy groups -OCH3 is 1. The van der Waals surface area contributed by atoms with Crippen molar-refractivity contribution in [2.24, 2.45) is 5.41 Å². The summed E-state index contributed by atoms with van der Waals surface area (Å²) in [7, 11) is -2.91. The number of benzene rings is 3. The van der Waals surface area contributed by atoms with Gasteiger partial charge in [-0.25, -0.2) is 27.7 Å². The average Bonchev–Trinajstić information content (AvgIpc) is 3.14. The van der Waals surface area contributed by atoms with Gasteiger partial charge in [0.1, 0.15) is 25.8 Å². The molecule has 1 aliphatic heterocycles. The molecular weight excluding hydrogens is 705 g/mol. The fraction of sp³-hybridized carbons (Fsp3) is 0.341. The van der Waals surface area contributed by atoms with Crippen molar-refractivity contribution in [1.29, 1.82) is 0 Å². The molecule has 1 atom stereocenters. The van der Waals surface area contributed by atoms with Gasteiger partial charge in [0.15, 0.2) is 11.5 Å². The van der Waals surface area contributed by atoms with Crippen molar-refractivity contribution in [1.82, 2.24) is 24.8 Å². The van der Waals surface area contributed by atoms with Crippen molar-refractivity contribution in [2.45, 2.75) is 65.1 Å². The first kappa shape index (κ1) is 38.5. The van der Waals surface area contributed by atoms with E-state index in [0.29, 0.717) is 30.3 Å². The van der Waals surface area contributed by atoms with E-state index in [1.165, 1.54) is 19.2 Å². The van der Waals surface area contributed by atoms with Gasteiger partial charge in [-0.1, -0.05) is 81.4 Å². The van der Waals surface area contributed by atoms with Gasteiger partial charge >= 0.3 is 0 Å². The molecule has 2 aromatic heterocycles. The number of ether oxygens (including phenoxy) is 3. The first-order valence-corrected chi connectivity index (χ1v) is 19.2. The van der Waals surface area contributed by atoms with E-state index < -0.39 is 10.0 Å². The Labute approximate surface area is 317 Å². The molecule has 0 saturated carbocycles. The number of carbonyl (C=O) groups excluding carboxylic acids is 1. The summed E-state index contributed by atoms with van der Waals surface area (Å²) in [5.41, 5.74) is 4.36. The Morgan fingerprint density at radius 3 is 2.30 bits per heavy atom. The first-order valence-electron chi connectivity index (χ1n) is 17.8. The molecule has 5 aromatic rings. The number of aromatic nitrogens is 4. The van der Waals surface area contributed by atoms with Crippen LogP contribution in [0, 0.1) is 19.3 Å². The van der Waals surface area contributed by atoms with E-state index in [0.717, 1.165) is 26.6 Å². The summed E-state index contributed by atoms with van der Waals surface area (Å²) in [6.07, 6.45) is 3.90. The lowest BCUT2D eigenvalue weighted by atomic mass is 9.87. The third-order valence-electron chi connectivity index (χ3n) is 9.05. The molecule has 0 radical (unpaired) electrons. The molecule has 1 aliphatic rings. The zero-order valence-electron chi connectivity index (χ0n) is 31.5. The molecule has 0 unspecified atom stereocenters. The van der Waals surface area contributed by atoms with Crippen molar-refractivity contribution >= 4 is 21.8 Å². The van der Waals surface area contributed by atoms with Gasteiger partial charge in [-0.05, 0) is 54.5 Å². The summed E-state index contributed by atoms with van der Waals surface area (Å²) in [5.74, 6) is 0.808. The predicted octanol–water partition coefficient (Wildman–Crippen LogP) is 6.81. The van der Waals surface area contributed by atoms with Crippen LogP contribution in [0.2, 0.25) is 0 Å². The molecule has 54 heavy (non-hydrogen) atoms. The van der Waals surface area contributed by atoms with Crippen molar-refractivity contribution in [3.8, 4) is 22.9 Å². The predicted molar refractivity (Wildman–Crippen MR) is 206 cm³/mol. The molecule has 0 saturated heterocycles. The van der Waals surface area contributed by atoms with Crippen LogP contribution in [-0.4, -0.2) is 72.1 Å². The summed E-state index contributed by atoms with van der Waals surface area (Å²) in [6.45, 7) is 10.7. The lowest BCUT2D eigenvalue weighted by molar-refractivity contribution is 0.0708. The van der Waals surface area contributed by atoms with Crippen LogP contribution in [0.4, 0.5) is 5.95 Å². The Morgan fingerprint density at radius 2 is 1.61 bits per heavy atom. The van der Waals surface area contributed by atoms with Crippen LogP contribution in [-0.2, 0) is 27.9 Å². The summed E-state index contributed by atoms with van der Waals surface area (Å²) >= 11 is 0. The van der Waals surface area contributed by atoms with Crippen LogP contribution in [0.5, 0.6) is 11.6 Å². The Balaban J connectivity index is 1.42. The van der Waals surface area contributed by atoms with Crippen molar-refractivity contribution in [3.05, 3.63) is 119 Å². The Hall–Kier alpha value is -5.24. The quantitative estimate of drug-likeness (QED) is 0.157. The van der Waals surface area contributed by atoms with Crippen LogP contribution >= 0.6 is 0 Å². The smallest absolute Gasteiger partial charge is 0.268 e.